The van der Waals surface area contributed by atoms with Crippen LogP contribution < -0.4 is 10.6 Å². The fourth-order valence-electron chi connectivity index (χ4n) is 3.12. The highest BCUT2D eigenvalue weighted by molar-refractivity contribution is 7.09. The second-order valence-corrected chi connectivity index (χ2v) is 6.55. The van der Waals surface area contributed by atoms with Gasteiger partial charge in [-0.15, -0.1) is 11.3 Å². The number of carbonyl (C=O) groups is 1. The van der Waals surface area contributed by atoms with Gasteiger partial charge in [-0.05, 0) is 36.8 Å². The Morgan fingerprint density at radius 1 is 1.53 bits per heavy atom. The molecule has 0 saturated carbocycles. The van der Waals surface area contributed by atoms with Gasteiger partial charge in [0.2, 0.25) is 5.91 Å². The summed E-state index contributed by atoms with van der Waals surface area (Å²) >= 11 is 1.69. The molecule has 2 fully saturated rings. The number of amides is 1. The summed E-state index contributed by atoms with van der Waals surface area (Å²) in [5, 5.41) is 8.61. The Morgan fingerprint density at radius 2 is 2.47 bits per heavy atom. The number of carbonyl (C=O) groups excluding carboxylic acids is 1. The molecule has 1 aromatic rings. The van der Waals surface area contributed by atoms with E-state index in [2.05, 4.69) is 21.6 Å². The quantitative estimate of drug-likeness (QED) is 0.866. The summed E-state index contributed by atoms with van der Waals surface area (Å²) in [4.78, 5) is 15.4. The van der Waals surface area contributed by atoms with E-state index in [4.69, 9.17) is 0 Å². The summed E-state index contributed by atoms with van der Waals surface area (Å²) in [6.45, 7) is 4.44. The van der Waals surface area contributed by atoms with Crippen molar-refractivity contribution in [2.75, 3.05) is 26.2 Å². The van der Waals surface area contributed by atoms with Crippen molar-refractivity contribution in [1.82, 2.24) is 15.5 Å². The normalized spacial score (nSPS) is 27.2. The number of thiophene rings is 1. The molecule has 0 radical (unpaired) electrons. The predicted octanol–water partition coefficient (Wildman–Crippen LogP) is 1.05. The lowest BCUT2D eigenvalue weighted by atomic mass is 9.94. The van der Waals surface area contributed by atoms with E-state index in [1.807, 2.05) is 11.4 Å². The van der Waals surface area contributed by atoms with Gasteiger partial charge in [-0.25, -0.2) is 0 Å². The van der Waals surface area contributed by atoms with Gasteiger partial charge in [-0.1, -0.05) is 6.07 Å². The number of piperidine rings is 1. The van der Waals surface area contributed by atoms with Crippen molar-refractivity contribution >= 4 is 17.2 Å². The summed E-state index contributed by atoms with van der Waals surface area (Å²) in [5.74, 6) is 0.894. The average molecular weight is 279 g/mol. The van der Waals surface area contributed by atoms with Crippen molar-refractivity contribution in [3.05, 3.63) is 22.4 Å². The van der Waals surface area contributed by atoms with Crippen molar-refractivity contribution < 1.29 is 4.79 Å². The van der Waals surface area contributed by atoms with Gasteiger partial charge in [-0.2, -0.15) is 0 Å². The molecule has 3 heterocycles. The molecule has 2 saturated heterocycles. The van der Waals surface area contributed by atoms with Crippen LogP contribution in [0.1, 0.15) is 17.7 Å². The average Bonchev–Trinajstić information content (AvgIpc) is 3.04. The maximum absolute atomic E-state index is 11.9. The minimum atomic E-state index is 0.145. The molecule has 0 aromatic carbocycles. The summed E-state index contributed by atoms with van der Waals surface area (Å²) in [5.41, 5.74) is 0. The summed E-state index contributed by atoms with van der Waals surface area (Å²) < 4.78 is 0. The molecule has 0 bridgehead atoms. The first-order chi connectivity index (χ1) is 9.31. The second-order valence-electron chi connectivity index (χ2n) is 5.51. The Hall–Kier alpha value is -0.910. The fourth-order valence-corrected chi connectivity index (χ4v) is 3.77. The van der Waals surface area contributed by atoms with Crippen molar-refractivity contribution in [2.45, 2.75) is 25.4 Å². The third kappa shape index (κ3) is 3.35. The Morgan fingerprint density at radius 3 is 3.26 bits per heavy atom. The van der Waals surface area contributed by atoms with E-state index in [0.717, 1.165) is 25.6 Å². The van der Waals surface area contributed by atoms with Gasteiger partial charge < -0.3 is 10.6 Å². The second kappa shape index (κ2) is 6.03. The zero-order chi connectivity index (χ0) is 13.1. The summed E-state index contributed by atoms with van der Waals surface area (Å²) in [6, 6.07) is 4.68. The van der Waals surface area contributed by atoms with Crippen LogP contribution in [0.4, 0.5) is 0 Å². The first kappa shape index (κ1) is 13.1. The maximum atomic E-state index is 11.9. The number of fused-ring (bicyclic) bond motifs is 1. The number of rotatable bonds is 4. The van der Waals surface area contributed by atoms with E-state index < -0.39 is 0 Å². The lowest BCUT2D eigenvalue weighted by Crippen LogP contribution is -2.41. The van der Waals surface area contributed by atoms with Crippen LogP contribution in [0.5, 0.6) is 0 Å². The van der Waals surface area contributed by atoms with Crippen LogP contribution in [0, 0.1) is 5.92 Å². The topological polar surface area (TPSA) is 44.4 Å². The fraction of sp³-hybridized carbons (Fsp3) is 0.643. The highest BCUT2D eigenvalue weighted by atomic mass is 32.1. The summed E-state index contributed by atoms with van der Waals surface area (Å²) in [7, 11) is 0. The molecule has 4 nitrogen and oxygen atoms in total. The SMILES string of the molecule is O=C(CN1CC2CCCNC2C1)NCc1cccs1. The van der Waals surface area contributed by atoms with Gasteiger partial charge in [0, 0.05) is 24.0 Å². The maximum Gasteiger partial charge on any atom is 0.234 e. The molecule has 2 N–H and O–H groups in total. The highest BCUT2D eigenvalue weighted by Gasteiger charge is 2.34. The summed E-state index contributed by atoms with van der Waals surface area (Å²) in [6.07, 6.45) is 2.59. The molecule has 1 aromatic heterocycles. The van der Waals surface area contributed by atoms with Crippen molar-refractivity contribution in [3.63, 3.8) is 0 Å². The van der Waals surface area contributed by atoms with Gasteiger partial charge in [-0.3, -0.25) is 9.69 Å². The van der Waals surface area contributed by atoms with Gasteiger partial charge >= 0.3 is 0 Å². The van der Waals surface area contributed by atoms with Gasteiger partial charge in [0.15, 0.2) is 0 Å². The Kier molecular flexibility index (Phi) is 4.15. The van der Waals surface area contributed by atoms with Crippen LogP contribution in [0.2, 0.25) is 0 Å². The van der Waals surface area contributed by atoms with Crippen LogP contribution in [0.15, 0.2) is 17.5 Å². The molecule has 2 atom stereocenters. The molecule has 19 heavy (non-hydrogen) atoms. The van der Waals surface area contributed by atoms with Crippen molar-refractivity contribution in [2.24, 2.45) is 5.92 Å². The number of nitrogens with zero attached hydrogens (tertiary/aromatic N) is 1. The first-order valence-electron chi connectivity index (χ1n) is 7.06. The zero-order valence-electron chi connectivity index (χ0n) is 11.1. The third-order valence-electron chi connectivity index (χ3n) is 4.08. The van der Waals surface area contributed by atoms with Crippen LogP contribution in [0.3, 0.4) is 0 Å². The van der Waals surface area contributed by atoms with E-state index >= 15 is 0 Å². The molecule has 2 aliphatic rings. The van der Waals surface area contributed by atoms with Crippen LogP contribution in [0.25, 0.3) is 0 Å². The molecule has 5 heteroatoms. The molecule has 1 amide bonds. The van der Waals surface area contributed by atoms with E-state index in [1.165, 1.54) is 17.7 Å². The van der Waals surface area contributed by atoms with Crippen molar-refractivity contribution in [3.8, 4) is 0 Å². The van der Waals surface area contributed by atoms with Crippen molar-refractivity contribution in [1.29, 1.82) is 0 Å². The van der Waals surface area contributed by atoms with Crippen LogP contribution in [-0.4, -0.2) is 43.0 Å². The van der Waals surface area contributed by atoms with Gasteiger partial charge in [0.05, 0.1) is 13.1 Å². The molecule has 3 rings (SSSR count). The number of hydrogen-bond acceptors (Lipinski definition) is 4. The minimum absolute atomic E-state index is 0.145. The molecule has 2 unspecified atom stereocenters. The number of nitrogens with one attached hydrogen (secondary N) is 2. The number of likely N-dealkylation sites (tertiary alicyclic amines) is 1. The molecule has 0 aliphatic carbocycles. The smallest absolute Gasteiger partial charge is 0.234 e. The molecular weight excluding hydrogens is 258 g/mol. The molecule has 104 valence electrons. The number of hydrogen-bond donors (Lipinski definition) is 2. The van der Waals surface area contributed by atoms with Crippen LogP contribution in [-0.2, 0) is 11.3 Å². The lowest BCUT2D eigenvalue weighted by molar-refractivity contribution is -0.122. The van der Waals surface area contributed by atoms with Gasteiger partial charge in [0.1, 0.15) is 0 Å². The molecular formula is C14H21N3OS. The van der Waals surface area contributed by atoms with E-state index in [0.29, 0.717) is 19.1 Å². The minimum Gasteiger partial charge on any atom is -0.350 e. The van der Waals surface area contributed by atoms with Crippen LogP contribution >= 0.6 is 11.3 Å². The third-order valence-corrected chi connectivity index (χ3v) is 4.96. The van der Waals surface area contributed by atoms with E-state index in [9.17, 15) is 4.79 Å². The largest absolute Gasteiger partial charge is 0.350 e. The highest BCUT2D eigenvalue weighted by Crippen LogP contribution is 2.24. The van der Waals surface area contributed by atoms with E-state index in [1.54, 1.807) is 11.3 Å². The Labute approximate surface area is 118 Å². The monoisotopic (exact) mass is 279 g/mol. The Balaban J connectivity index is 1.42. The molecule has 2 aliphatic heterocycles. The van der Waals surface area contributed by atoms with E-state index in [-0.39, 0.29) is 5.91 Å². The van der Waals surface area contributed by atoms with Gasteiger partial charge in [0.25, 0.3) is 0 Å². The lowest BCUT2D eigenvalue weighted by Gasteiger charge is -2.24. The predicted molar refractivity (Wildman–Crippen MR) is 77.1 cm³/mol. The Bertz CT molecular complexity index is 406. The molecule has 0 spiro atoms. The first-order valence-corrected chi connectivity index (χ1v) is 7.94. The zero-order valence-corrected chi connectivity index (χ0v) is 11.9. The standard InChI is InChI=1S/C14H21N3OS/c18-14(16-7-12-4-2-6-19-12)10-17-8-11-3-1-5-15-13(11)9-17/h2,4,6,11,13,15H,1,3,5,7-10H2,(H,16,18).